The molecule has 7 heteroatoms. The third-order valence-electron chi connectivity index (χ3n) is 3.34. The van der Waals surface area contributed by atoms with Gasteiger partial charge in [0, 0.05) is 12.2 Å². The Labute approximate surface area is 120 Å². The fourth-order valence-corrected chi connectivity index (χ4v) is 4.16. The third kappa shape index (κ3) is 3.46. The summed E-state index contributed by atoms with van der Waals surface area (Å²) in [6.07, 6.45) is 4.30. The highest BCUT2D eigenvalue weighted by Crippen LogP contribution is 2.27. The maximum Gasteiger partial charge on any atom is 0.243 e. The van der Waals surface area contributed by atoms with Crippen molar-refractivity contribution in [1.82, 2.24) is 4.72 Å². The molecule has 0 heterocycles. The zero-order chi connectivity index (χ0) is 14.0. The van der Waals surface area contributed by atoms with E-state index in [4.69, 9.17) is 5.73 Å². The van der Waals surface area contributed by atoms with Gasteiger partial charge in [-0.05, 0) is 46.8 Å². The first-order valence-electron chi connectivity index (χ1n) is 6.14. The summed E-state index contributed by atoms with van der Waals surface area (Å²) in [5.41, 5.74) is 5.76. The minimum absolute atomic E-state index is 0.0498. The summed E-state index contributed by atoms with van der Waals surface area (Å²) in [5, 5.41) is 0. The molecule has 1 fully saturated rings. The van der Waals surface area contributed by atoms with Crippen molar-refractivity contribution >= 4 is 31.6 Å². The topological polar surface area (TPSA) is 72.2 Å². The average molecular weight is 351 g/mol. The zero-order valence-electron chi connectivity index (χ0n) is 10.3. The molecule has 1 aliphatic rings. The number of nitrogen functional groups attached to an aromatic ring is 1. The lowest BCUT2D eigenvalue weighted by Crippen LogP contribution is -2.29. The Balaban J connectivity index is 2.19. The third-order valence-corrected chi connectivity index (χ3v) is 5.34. The number of hydrogen-bond donors (Lipinski definition) is 2. The number of rotatable bonds is 4. The van der Waals surface area contributed by atoms with Crippen LogP contribution in [-0.2, 0) is 10.0 Å². The van der Waals surface area contributed by atoms with Gasteiger partial charge in [0.05, 0.1) is 4.47 Å². The van der Waals surface area contributed by atoms with E-state index >= 15 is 0 Å². The maximum atomic E-state index is 13.9. The lowest BCUT2D eigenvalue weighted by atomic mass is 10.1. The summed E-state index contributed by atoms with van der Waals surface area (Å²) in [6.45, 7) is 0.355. The molecule has 0 aromatic heterocycles. The number of sulfonamides is 1. The van der Waals surface area contributed by atoms with E-state index in [2.05, 4.69) is 20.7 Å². The molecule has 1 aliphatic carbocycles. The Morgan fingerprint density at radius 1 is 1.37 bits per heavy atom. The van der Waals surface area contributed by atoms with Gasteiger partial charge in [-0.1, -0.05) is 12.8 Å². The molecule has 0 spiro atoms. The van der Waals surface area contributed by atoms with E-state index in [0.717, 1.165) is 31.7 Å². The van der Waals surface area contributed by atoms with Gasteiger partial charge in [-0.25, -0.2) is 17.5 Å². The molecule has 3 N–H and O–H groups in total. The molecule has 106 valence electrons. The minimum atomic E-state index is -3.86. The van der Waals surface area contributed by atoms with Crippen LogP contribution >= 0.6 is 15.9 Å². The van der Waals surface area contributed by atoms with Crippen LogP contribution in [-0.4, -0.2) is 15.0 Å². The fraction of sp³-hybridized carbons (Fsp3) is 0.500. The molecule has 2 rings (SSSR count). The normalized spacial score (nSPS) is 16.9. The summed E-state index contributed by atoms with van der Waals surface area (Å²) in [5.74, 6) is -0.463. The fourth-order valence-electron chi connectivity index (χ4n) is 2.30. The predicted molar refractivity (Wildman–Crippen MR) is 75.7 cm³/mol. The second-order valence-electron chi connectivity index (χ2n) is 4.82. The van der Waals surface area contributed by atoms with E-state index in [0.29, 0.717) is 12.5 Å². The standard InChI is InChI=1S/C12H16BrFN2O2S/c13-10-5-9(15)6-11(12(10)14)19(17,18)16-7-8-3-1-2-4-8/h5-6,8,16H,1-4,7,15H2. The number of nitrogens with two attached hydrogens (primary N) is 1. The highest BCUT2D eigenvalue weighted by Gasteiger charge is 2.24. The second-order valence-corrected chi connectivity index (χ2v) is 7.41. The second kappa shape index (κ2) is 5.76. The highest BCUT2D eigenvalue weighted by molar-refractivity contribution is 9.10. The summed E-state index contributed by atoms with van der Waals surface area (Å²) < 4.78 is 40.5. The maximum absolute atomic E-state index is 13.9. The molecule has 0 aliphatic heterocycles. The van der Waals surface area contributed by atoms with Gasteiger partial charge in [-0.15, -0.1) is 0 Å². The highest BCUT2D eigenvalue weighted by atomic mass is 79.9. The smallest absolute Gasteiger partial charge is 0.243 e. The van der Waals surface area contributed by atoms with Crippen molar-refractivity contribution in [3.8, 4) is 0 Å². The molecule has 0 amide bonds. The summed E-state index contributed by atoms with van der Waals surface area (Å²) in [7, 11) is -3.86. The Kier molecular flexibility index (Phi) is 4.47. The summed E-state index contributed by atoms with van der Waals surface area (Å²) in [6, 6.07) is 2.47. The van der Waals surface area contributed by atoms with Crippen molar-refractivity contribution in [2.24, 2.45) is 5.92 Å². The number of nitrogens with one attached hydrogen (secondary N) is 1. The van der Waals surface area contributed by atoms with Crippen LogP contribution in [0.25, 0.3) is 0 Å². The first-order chi connectivity index (χ1) is 8.90. The first-order valence-corrected chi connectivity index (χ1v) is 8.42. The van der Waals surface area contributed by atoms with Crippen LogP contribution in [0.3, 0.4) is 0 Å². The van der Waals surface area contributed by atoms with E-state index in [-0.39, 0.29) is 10.2 Å². The van der Waals surface area contributed by atoms with Crippen LogP contribution in [0.15, 0.2) is 21.5 Å². The largest absolute Gasteiger partial charge is 0.399 e. The molecular formula is C12H16BrFN2O2S. The Hall–Kier alpha value is -0.660. The van der Waals surface area contributed by atoms with Crippen LogP contribution in [0.5, 0.6) is 0 Å². The van der Waals surface area contributed by atoms with Crippen LogP contribution in [0.1, 0.15) is 25.7 Å². The summed E-state index contributed by atoms with van der Waals surface area (Å²) >= 11 is 2.96. The number of halogens is 2. The van der Waals surface area contributed by atoms with Crippen molar-refractivity contribution < 1.29 is 12.8 Å². The predicted octanol–water partition coefficient (Wildman–Crippen LogP) is 2.64. The van der Waals surface area contributed by atoms with Gasteiger partial charge < -0.3 is 5.73 Å². The van der Waals surface area contributed by atoms with E-state index in [1.54, 1.807) is 0 Å². The average Bonchev–Trinajstić information content (AvgIpc) is 2.84. The van der Waals surface area contributed by atoms with Crippen LogP contribution in [0, 0.1) is 11.7 Å². The monoisotopic (exact) mass is 350 g/mol. The van der Waals surface area contributed by atoms with E-state index < -0.39 is 20.7 Å². The lowest BCUT2D eigenvalue weighted by molar-refractivity contribution is 0.513. The number of hydrogen-bond acceptors (Lipinski definition) is 3. The van der Waals surface area contributed by atoms with Gasteiger partial charge in [-0.3, -0.25) is 0 Å². The molecule has 0 atom stereocenters. The van der Waals surface area contributed by atoms with E-state index in [1.165, 1.54) is 6.07 Å². The van der Waals surface area contributed by atoms with Crippen molar-refractivity contribution in [3.63, 3.8) is 0 Å². The molecule has 1 aromatic rings. The van der Waals surface area contributed by atoms with E-state index in [9.17, 15) is 12.8 Å². The van der Waals surface area contributed by atoms with Gasteiger partial charge in [-0.2, -0.15) is 0 Å². The molecule has 0 radical (unpaired) electrons. The summed E-state index contributed by atoms with van der Waals surface area (Å²) in [4.78, 5) is -0.405. The molecule has 0 saturated heterocycles. The Morgan fingerprint density at radius 3 is 2.63 bits per heavy atom. The molecule has 4 nitrogen and oxygen atoms in total. The molecule has 1 saturated carbocycles. The van der Waals surface area contributed by atoms with Crippen molar-refractivity contribution in [2.75, 3.05) is 12.3 Å². The SMILES string of the molecule is Nc1cc(Br)c(F)c(S(=O)(=O)NCC2CCCC2)c1. The van der Waals surface area contributed by atoms with Gasteiger partial charge in [0.2, 0.25) is 10.0 Å². The molecular weight excluding hydrogens is 335 g/mol. The Bertz CT molecular complexity index is 571. The van der Waals surface area contributed by atoms with Gasteiger partial charge in [0.1, 0.15) is 4.90 Å². The quantitative estimate of drug-likeness (QED) is 0.820. The van der Waals surface area contributed by atoms with Crippen molar-refractivity contribution in [3.05, 3.63) is 22.4 Å². The van der Waals surface area contributed by atoms with Crippen LogP contribution in [0.4, 0.5) is 10.1 Å². The minimum Gasteiger partial charge on any atom is -0.399 e. The van der Waals surface area contributed by atoms with Crippen molar-refractivity contribution in [1.29, 1.82) is 0 Å². The number of anilines is 1. The van der Waals surface area contributed by atoms with Crippen molar-refractivity contribution in [2.45, 2.75) is 30.6 Å². The molecule has 1 aromatic carbocycles. The Morgan fingerprint density at radius 2 is 2.00 bits per heavy atom. The van der Waals surface area contributed by atoms with Gasteiger partial charge >= 0.3 is 0 Å². The zero-order valence-corrected chi connectivity index (χ0v) is 12.7. The van der Waals surface area contributed by atoms with Gasteiger partial charge in [0.25, 0.3) is 0 Å². The first kappa shape index (κ1) is 14.7. The van der Waals surface area contributed by atoms with Crippen LogP contribution < -0.4 is 10.5 Å². The van der Waals surface area contributed by atoms with Gasteiger partial charge in [0.15, 0.2) is 5.82 Å². The van der Waals surface area contributed by atoms with E-state index in [1.807, 2.05) is 0 Å². The van der Waals surface area contributed by atoms with Crippen LogP contribution in [0.2, 0.25) is 0 Å². The molecule has 0 bridgehead atoms. The number of benzene rings is 1. The lowest BCUT2D eigenvalue weighted by Gasteiger charge is -2.12. The molecule has 0 unspecified atom stereocenters. The molecule has 19 heavy (non-hydrogen) atoms.